The smallest absolute Gasteiger partial charge is 0.310 e. The number of hydrogen-bond acceptors (Lipinski definition) is 5. The lowest BCUT2D eigenvalue weighted by Gasteiger charge is -2.20. The Bertz CT molecular complexity index is 742. The van der Waals surface area contributed by atoms with E-state index >= 15 is 0 Å². The number of pyridine rings is 1. The number of carbonyl (C=O) groups excluding carboxylic acids is 2. The lowest BCUT2D eigenvalue weighted by molar-refractivity contribution is -0.142. The van der Waals surface area contributed by atoms with E-state index in [4.69, 9.17) is 4.74 Å². The number of nitrogens with zero attached hydrogens (tertiary/aromatic N) is 2. The van der Waals surface area contributed by atoms with Crippen molar-refractivity contribution in [3.8, 4) is 0 Å². The van der Waals surface area contributed by atoms with Gasteiger partial charge in [0.25, 0.3) is 0 Å². The fourth-order valence-corrected chi connectivity index (χ4v) is 2.75. The third-order valence-corrected chi connectivity index (χ3v) is 4.03. The first-order valence-electron chi connectivity index (χ1n) is 8.64. The van der Waals surface area contributed by atoms with Gasteiger partial charge in [-0.15, -0.1) is 0 Å². The van der Waals surface area contributed by atoms with E-state index in [1.54, 1.807) is 18.0 Å². The third-order valence-electron chi connectivity index (χ3n) is 4.03. The molecule has 6 nitrogen and oxygen atoms in total. The summed E-state index contributed by atoms with van der Waals surface area (Å²) in [4.78, 5) is 30.4. The van der Waals surface area contributed by atoms with Gasteiger partial charge in [0.1, 0.15) is 0 Å². The maximum Gasteiger partial charge on any atom is 0.310 e. The Balaban J connectivity index is 2.30. The molecular formula is C19H25N3O3. The van der Waals surface area contributed by atoms with Crippen molar-refractivity contribution in [2.24, 2.45) is 0 Å². The van der Waals surface area contributed by atoms with Crippen LogP contribution in [0.25, 0.3) is 10.9 Å². The molecule has 1 aromatic carbocycles. The van der Waals surface area contributed by atoms with E-state index in [1.165, 1.54) is 0 Å². The molecule has 25 heavy (non-hydrogen) atoms. The number of carbonyl (C=O) groups is 2. The van der Waals surface area contributed by atoms with Crippen molar-refractivity contribution in [2.75, 3.05) is 31.6 Å². The minimum atomic E-state index is -0.308. The zero-order chi connectivity index (χ0) is 18.2. The molecule has 0 spiro atoms. The molecular weight excluding hydrogens is 318 g/mol. The zero-order valence-electron chi connectivity index (χ0n) is 15.0. The predicted octanol–water partition coefficient (Wildman–Crippen LogP) is 2.62. The normalized spacial score (nSPS) is 10.5. The summed E-state index contributed by atoms with van der Waals surface area (Å²) in [6.45, 7) is 7.53. The Labute approximate surface area is 148 Å². The maximum absolute atomic E-state index is 12.3. The molecule has 0 aliphatic rings. The Morgan fingerprint density at radius 1 is 1.16 bits per heavy atom. The number of rotatable bonds is 8. The van der Waals surface area contributed by atoms with Crippen molar-refractivity contribution < 1.29 is 14.3 Å². The van der Waals surface area contributed by atoms with Crippen LogP contribution in [0.5, 0.6) is 0 Å². The summed E-state index contributed by atoms with van der Waals surface area (Å²) in [5, 5.41) is 4.10. The van der Waals surface area contributed by atoms with Crippen LogP contribution in [0.4, 0.5) is 5.69 Å². The molecule has 0 aliphatic heterocycles. The number of hydrogen-bond donors (Lipinski definition) is 1. The van der Waals surface area contributed by atoms with Crippen molar-refractivity contribution in [1.82, 2.24) is 9.88 Å². The Morgan fingerprint density at radius 2 is 1.88 bits per heavy atom. The van der Waals surface area contributed by atoms with Crippen molar-refractivity contribution in [2.45, 2.75) is 27.2 Å². The van der Waals surface area contributed by atoms with Crippen LogP contribution in [0, 0.1) is 0 Å². The van der Waals surface area contributed by atoms with Gasteiger partial charge in [0.05, 0.1) is 25.1 Å². The number of para-hydroxylation sites is 1. The molecule has 134 valence electrons. The van der Waals surface area contributed by atoms with Gasteiger partial charge in [0, 0.05) is 35.9 Å². The number of ether oxygens (including phenoxy) is 1. The predicted molar refractivity (Wildman–Crippen MR) is 98.5 cm³/mol. The number of benzene rings is 1. The monoisotopic (exact) mass is 343 g/mol. The Morgan fingerprint density at radius 3 is 2.56 bits per heavy atom. The highest BCUT2D eigenvalue weighted by Crippen LogP contribution is 2.26. The third kappa shape index (κ3) is 4.68. The van der Waals surface area contributed by atoms with E-state index < -0.39 is 0 Å². The summed E-state index contributed by atoms with van der Waals surface area (Å²) in [5.74, 6) is -0.286. The lowest BCUT2D eigenvalue weighted by Crippen LogP contribution is -2.35. The summed E-state index contributed by atoms with van der Waals surface area (Å²) >= 11 is 0. The van der Waals surface area contributed by atoms with Crippen molar-refractivity contribution >= 4 is 28.5 Å². The fraction of sp³-hybridized carbons (Fsp3) is 0.421. The highest BCUT2D eigenvalue weighted by molar-refractivity contribution is 5.95. The first-order valence-corrected chi connectivity index (χ1v) is 8.64. The highest BCUT2D eigenvalue weighted by atomic mass is 16.5. The zero-order valence-corrected chi connectivity index (χ0v) is 15.0. The number of anilines is 1. The molecule has 0 saturated carbocycles. The molecule has 0 saturated heterocycles. The van der Waals surface area contributed by atoms with Crippen LogP contribution in [-0.2, 0) is 20.7 Å². The van der Waals surface area contributed by atoms with E-state index in [2.05, 4.69) is 10.3 Å². The number of nitrogens with one attached hydrogen (secondary N) is 1. The number of esters is 1. The second-order valence-corrected chi connectivity index (χ2v) is 5.58. The van der Waals surface area contributed by atoms with Gasteiger partial charge in [0.15, 0.2) is 0 Å². The molecule has 1 N–H and O–H groups in total. The summed E-state index contributed by atoms with van der Waals surface area (Å²) in [6.07, 6.45) is 1.79. The van der Waals surface area contributed by atoms with E-state index in [0.717, 1.165) is 22.2 Å². The van der Waals surface area contributed by atoms with E-state index in [1.807, 2.05) is 38.1 Å². The van der Waals surface area contributed by atoms with Crippen molar-refractivity contribution in [1.29, 1.82) is 0 Å². The molecule has 2 aromatic rings. The van der Waals surface area contributed by atoms with Gasteiger partial charge in [-0.25, -0.2) is 0 Å². The molecule has 2 rings (SSSR count). The number of aromatic nitrogens is 1. The average Bonchev–Trinajstić information content (AvgIpc) is 2.62. The second-order valence-electron chi connectivity index (χ2n) is 5.58. The van der Waals surface area contributed by atoms with Gasteiger partial charge in [-0.2, -0.15) is 0 Å². The minimum Gasteiger partial charge on any atom is -0.466 e. The van der Waals surface area contributed by atoms with Crippen LogP contribution in [0.1, 0.15) is 26.3 Å². The summed E-state index contributed by atoms with van der Waals surface area (Å²) in [6, 6.07) is 7.66. The largest absolute Gasteiger partial charge is 0.466 e. The molecule has 0 bridgehead atoms. The summed E-state index contributed by atoms with van der Waals surface area (Å²) in [5.41, 5.74) is 2.30. The molecule has 1 aromatic heterocycles. The van der Waals surface area contributed by atoms with Gasteiger partial charge < -0.3 is 15.0 Å². The molecule has 0 fully saturated rings. The molecule has 1 amide bonds. The topological polar surface area (TPSA) is 71.5 Å². The van der Waals surface area contributed by atoms with E-state index in [9.17, 15) is 9.59 Å². The molecule has 0 aliphatic carbocycles. The SMILES string of the molecule is CCOC(=O)Cc1cnc2ccccc2c1NCC(=O)N(CC)CC. The highest BCUT2D eigenvalue weighted by Gasteiger charge is 2.15. The van der Waals surface area contributed by atoms with Crippen LogP contribution in [-0.4, -0.2) is 48.0 Å². The Hall–Kier alpha value is -2.63. The molecule has 1 heterocycles. The van der Waals surface area contributed by atoms with Gasteiger partial charge in [-0.3, -0.25) is 14.6 Å². The van der Waals surface area contributed by atoms with Crippen LogP contribution in [0.3, 0.4) is 0 Å². The summed E-state index contributed by atoms with van der Waals surface area (Å²) < 4.78 is 5.04. The molecule has 0 atom stereocenters. The van der Waals surface area contributed by atoms with E-state index in [0.29, 0.717) is 19.7 Å². The first-order chi connectivity index (χ1) is 12.1. The number of fused-ring (bicyclic) bond motifs is 1. The average molecular weight is 343 g/mol. The minimum absolute atomic E-state index is 0.0213. The number of amides is 1. The van der Waals surface area contributed by atoms with Gasteiger partial charge in [0.2, 0.25) is 5.91 Å². The van der Waals surface area contributed by atoms with Crippen LogP contribution >= 0.6 is 0 Å². The Kier molecular flexibility index (Phi) is 6.74. The van der Waals surface area contributed by atoms with Crippen LogP contribution in [0.15, 0.2) is 30.5 Å². The first kappa shape index (κ1) is 18.7. The summed E-state index contributed by atoms with van der Waals surface area (Å²) in [7, 11) is 0. The molecule has 0 unspecified atom stereocenters. The van der Waals surface area contributed by atoms with Gasteiger partial charge in [-0.1, -0.05) is 18.2 Å². The van der Waals surface area contributed by atoms with E-state index in [-0.39, 0.29) is 24.8 Å². The van der Waals surface area contributed by atoms with Crippen molar-refractivity contribution in [3.63, 3.8) is 0 Å². The van der Waals surface area contributed by atoms with Gasteiger partial charge >= 0.3 is 5.97 Å². The van der Waals surface area contributed by atoms with Gasteiger partial charge in [-0.05, 0) is 26.8 Å². The standard InChI is InChI=1S/C19H25N3O3/c1-4-22(5-2)17(23)13-21-19-14(11-18(24)25-6-3)12-20-16-10-8-7-9-15(16)19/h7-10,12H,4-6,11,13H2,1-3H3,(H,20,21). The lowest BCUT2D eigenvalue weighted by atomic mass is 10.1. The molecule has 0 radical (unpaired) electrons. The quantitative estimate of drug-likeness (QED) is 0.746. The van der Waals surface area contributed by atoms with Crippen LogP contribution < -0.4 is 5.32 Å². The van der Waals surface area contributed by atoms with Crippen molar-refractivity contribution in [3.05, 3.63) is 36.0 Å². The maximum atomic E-state index is 12.3. The molecule has 6 heteroatoms. The second kappa shape index (κ2) is 9.01. The number of likely N-dealkylation sites (N-methyl/N-ethyl adjacent to an activating group) is 1. The van der Waals surface area contributed by atoms with Crippen LogP contribution in [0.2, 0.25) is 0 Å². The fourth-order valence-electron chi connectivity index (χ4n) is 2.75.